The Labute approximate surface area is 133 Å². The van der Waals surface area contributed by atoms with Gasteiger partial charge in [0.2, 0.25) is 0 Å². The molecule has 0 aliphatic carbocycles. The SMILES string of the molecule is CC1(C)Cc2[nH]c3ccccc3c2C(N2CCCCC2)CN1. The summed E-state index contributed by atoms with van der Waals surface area (Å²) in [6.07, 6.45) is 5.15. The van der Waals surface area contributed by atoms with Crippen molar-refractivity contribution in [2.24, 2.45) is 0 Å². The van der Waals surface area contributed by atoms with Crippen LogP contribution in [0.3, 0.4) is 0 Å². The highest BCUT2D eigenvalue weighted by atomic mass is 15.2. The molecule has 1 unspecified atom stereocenters. The Morgan fingerprint density at radius 2 is 1.86 bits per heavy atom. The summed E-state index contributed by atoms with van der Waals surface area (Å²) in [5.74, 6) is 0. The molecule has 1 atom stereocenters. The van der Waals surface area contributed by atoms with Crippen molar-refractivity contribution in [1.82, 2.24) is 15.2 Å². The summed E-state index contributed by atoms with van der Waals surface area (Å²) in [6, 6.07) is 9.33. The van der Waals surface area contributed by atoms with E-state index in [9.17, 15) is 0 Å². The summed E-state index contributed by atoms with van der Waals surface area (Å²) in [7, 11) is 0. The van der Waals surface area contributed by atoms with Crippen molar-refractivity contribution in [3.63, 3.8) is 0 Å². The second kappa shape index (κ2) is 5.39. The predicted molar refractivity (Wildman–Crippen MR) is 92.2 cm³/mol. The van der Waals surface area contributed by atoms with E-state index in [2.05, 4.69) is 53.3 Å². The van der Waals surface area contributed by atoms with Crippen LogP contribution in [-0.2, 0) is 6.42 Å². The van der Waals surface area contributed by atoms with Gasteiger partial charge in [0, 0.05) is 41.1 Å². The van der Waals surface area contributed by atoms with E-state index < -0.39 is 0 Å². The number of benzene rings is 1. The van der Waals surface area contributed by atoms with Crippen molar-refractivity contribution < 1.29 is 0 Å². The normalized spacial score (nSPS) is 25.8. The molecule has 0 radical (unpaired) electrons. The smallest absolute Gasteiger partial charge is 0.0496 e. The fourth-order valence-corrected chi connectivity index (χ4v) is 4.26. The first-order valence-electron chi connectivity index (χ1n) is 8.73. The topological polar surface area (TPSA) is 31.1 Å². The second-order valence-corrected chi connectivity index (χ2v) is 7.62. The van der Waals surface area contributed by atoms with E-state index in [4.69, 9.17) is 0 Å². The Morgan fingerprint density at radius 1 is 1.09 bits per heavy atom. The third-order valence-corrected chi connectivity index (χ3v) is 5.39. The van der Waals surface area contributed by atoms with Gasteiger partial charge in [-0.15, -0.1) is 0 Å². The molecule has 3 heteroatoms. The maximum Gasteiger partial charge on any atom is 0.0496 e. The highest BCUT2D eigenvalue weighted by molar-refractivity contribution is 5.85. The number of para-hydroxylation sites is 1. The van der Waals surface area contributed by atoms with Crippen molar-refractivity contribution in [2.75, 3.05) is 19.6 Å². The molecule has 0 bridgehead atoms. The highest BCUT2D eigenvalue weighted by Crippen LogP contribution is 2.36. The summed E-state index contributed by atoms with van der Waals surface area (Å²) in [5.41, 5.74) is 4.44. The van der Waals surface area contributed by atoms with Crippen molar-refractivity contribution >= 4 is 10.9 Å². The van der Waals surface area contributed by atoms with Crippen molar-refractivity contribution in [2.45, 2.75) is 51.1 Å². The standard InChI is InChI=1S/C19H27N3/c1-19(2)12-16-18(14-8-4-5-9-15(14)21-16)17(13-20-19)22-10-6-3-7-11-22/h4-5,8-9,17,20-21H,3,6-7,10-13H2,1-2H3. The number of hydrogen-bond donors (Lipinski definition) is 2. The minimum absolute atomic E-state index is 0.153. The van der Waals surface area contributed by atoms with Crippen LogP contribution in [0.2, 0.25) is 0 Å². The fraction of sp³-hybridized carbons (Fsp3) is 0.579. The van der Waals surface area contributed by atoms with Gasteiger partial charge in [0.05, 0.1) is 0 Å². The van der Waals surface area contributed by atoms with E-state index in [1.807, 2.05) is 0 Å². The molecule has 1 fully saturated rings. The van der Waals surface area contributed by atoms with E-state index in [0.717, 1.165) is 13.0 Å². The Morgan fingerprint density at radius 3 is 2.68 bits per heavy atom. The molecule has 2 N–H and O–H groups in total. The van der Waals surface area contributed by atoms with E-state index in [1.165, 1.54) is 48.9 Å². The van der Waals surface area contributed by atoms with Gasteiger partial charge in [0.15, 0.2) is 0 Å². The van der Waals surface area contributed by atoms with Crippen LogP contribution in [0, 0.1) is 0 Å². The van der Waals surface area contributed by atoms with Crippen LogP contribution in [0.15, 0.2) is 24.3 Å². The lowest BCUT2D eigenvalue weighted by atomic mass is 9.95. The number of piperidine rings is 1. The quantitative estimate of drug-likeness (QED) is 0.842. The average Bonchev–Trinajstić information content (AvgIpc) is 2.79. The number of aromatic amines is 1. The molecule has 0 amide bonds. The Balaban J connectivity index is 1.83. The Hall–Kier alpha value is -1.32. The second-order valence-electron chi connectivity index (χ2n) is 7.62. The monoisotopic (exact) mass is 297 g/mol. The number of likely N-dealkylation sites (tertiary alicyclic amines) is 1. The predicted octanol–water partition coefficient (Wildman–Crippen LogP) is 3.62. The first-order valence-corrected chi connectivity index (χ1v) is 8.73. The summed E-state index contributed by atoms with van der Waals surface area (Å²) < 4.78 is 0. The zero-order valence-electron chi connectivity index (χ0n) is 13.8. The summed E-state index contributed by atoms with van der Waals surface area (Å²) in [6.45, 7) is 8.18. The Kier molecular flexibility index (Phi) is 3.50. The molecule has 0 saturated carbocycles. The number of H-pyrrole nitrogens is 1. The Bertz CT molecular complexity index is 664. The summed E-state index contributed by atoms with van der Waals surface area (Å²) >= 11 is 0. The molecule has 22 heavy (non-hydrogen) atoms. The van der Waals surface area contributed by atoms with Crippen molar-refractivity contribution in [1.29, 1.82) is 0 Å². The van der Waals surface area contributed by atoms with Gasteiger partial charge in [-0.05, 0) is 51.4 Å². The van der Waals surface area contributed by atoms with Gasteiger partial charge in [0.25, 0.3) is 0 Å². The van der Waals surface area contributed by atoms with Gasteiger partial charge in [-0.25, -0.2) is 0 Å². The first kappa shape index (κ1) is 14.3. The molecule has 1 saturated heterocycles. The number of hydrogen-bond acceptors (Lipinski definition) is 2. The molecule has 2 aliphatic rings. The summed E-state index contributed by atoms with van der Waals surface area (Å²) in [5, 5.41) is 5.23. The zero-order valence-corrected chi connectivity index (χ0v) is 13.8. The number of nitrogens with zero attached hydrogens (tertiary/aromatic N) is 1. The van der Waals surface area contributed by atoms with Crippen LogP contribution in [0.4, 0.5) is 0 Å². The van der Waals surface area contributed by atoms with Crippen LogP contribution in [0.25, 0.3) is 10.9 Å². The lowest BCUT2D eigenvalue weighted by molar-refractivity contribution is 0.157. The summed E-state index contributed by atoms with van der Waals surface area (Å²) in [4.78, 5) is 6.42. The molecule has 0 spiro atoms. The molecule has 4 rings (SSSR count). The molecule has 118 valence electrons. The van der Waals surface area contributed by atoms with Gasteiger partial charge in [0.1, 0.15) is 0 Å². The fourth-order valence-electron chi connectivity index (χ4n) is 4.26. The van der Waals surface area contributed by atoms with Gasteiger partial charge in [-0.1, -0.05) is 24.6 Å². The maximum atomic E-state index is 3.80. The number of fused-ring (bicyclic) bond motifs is 3. The van der Waals surface area contributed by atoms with E-state index in [-0.39, 0.29) is 5.54 Å². The van der Waals surface area contributed by atoms with E-state index in [1.54, 1.807) is 5.56 Å². The molecule has 1 aromatic heterocycles. The van der Waals surface area contributed by atoms with Crippen molar-refractivity contribution in [3.8, 4) is 0 Å². The van der Waals surface area contributed by atoms with E-state index >= 15 is 0 Å². The molecule has 2 aliphatic heterocycles. The number of nitrogens with one attached hydrogen (secondary N) is 2. The van der Waals surface area contributed by atoms with Crippen LogP contribution in [0.1, 0.15) is 50.4 Å². The van der Waals surface area contributed by atoms with Crippen molar-refractivity contribution in [3.05, 3.63) is 35.5 Å². The molecule has 2 aromatic rings. The van der Waals surface area contributed by atoms with Crippen LogP contribution < -0.4 is 5.32 Å². The molecule has 3 nitrogen and oxygen atoms in total. The third kappa shape index (κ3) is 2.46. The molecular formula is C19H27N3. The minimum atomic E-state index is 0.153. The zero-order chi connectivity index (χ0) is 15.2. The van der Waals surface area contributed by atoms with E-state index in [0.29, 0.717) is 6.04 Å². The first-order chi connectivity index (χ1) is 10.6. The van der Waals surface area contributed by atoms with Gasteiger partial charge in [-0.2, -0.15) is 0 Å². The number of rotatable bonds is 1. The third-order valence-electron chi connectivity index (χ3n) is 5.39. The van der Waals surface area contributed by atoms with Gasteiger partial charge >= 0.3 is 0 Å². The lowest BCUT2D eigenvalue weighted by Gasteiger charge is -2.35. The largest absolute Gasteiger partial charge is 0.358 e. The van der Waals surface area contributed by atoms with Gasteiger partial charge < -0.3 is 10.3 Å². The minimum Gasteiger partial charge on any atom is -0.358 e. The van der Waals surface area contributed by atoms with Crippen LogP contribution >= 0.6 is 0 Å². The van der Waals surface area contributed by atoms with Gasteiger partial charge in [-0.3, -0.25) is 4.90 Å². The van der Waals surface area contributed by atoms with Crippen LogP contribution in [0.5, 0.6) is 0 Å². The molecule has 3 heterocycles. The average molecular weight is 297 g/mol. The maximum absolute atomic E-state index is 3.80. The molecule has 1 aromatic carbocycles. The highest BCUT2D eigenvalue weighted by Gasteiger charge is 2.33. The lowest BCUT2D eigenvalue weighted by Crippen LogP contribution is -2.44. The van der Waals surface area contributed by atoms with Crippen LogP contribution in [-0.4, -0.2) is 35.1 Å². The molecular weight excluding hydrogens is 270 g/mol. The number of aromatic nitrogens is 1.